The second-order valence-corrected chi connectivity index (χ2v) is 6.93. The van der Waals surface area contributed by atoms with E-state index in [4.69, 9.17) is 14.2 Å². The molecule has 2 aromatic rings. The van der Waals surface area contributed by atoms with Crippen LogP contribution in [0, 0.1) is 13.8 Å². The van der Waals surface area contributed by atoms with Crippen LogP contribution in [-0.2, 0) is 11.2 Å². The second-order valence-electron chi connectivity index (χ2n) is 6.60. The van der Waals surface area contributed by atoms with E-state index in [1.165, 1.54) is 27.8 Å². The average Bonchev–Trinajstić information content (AvgIpc) is 2.57. The van der Waals surface area contributed by atoms with Gasteiger partial charge >= 0.3 is 0 Å². The SMILES string of the molecule is COCOc1ccc(Cc2c(C)cc(OCP)cc2C)cc1C(C)C. The first-order valence-electron chi connectivity index (χ1n) is 8.63. The molecular weight excluding hydrogens is 331 g/mol. The molecule has 0 heterocycles. The highest BCUT2D eigenvalue weighted by Gasteiger charge is 2.12. The molecule has 1 atom stereocenters. The Bertz CT molecular complexity index is 687. The van der Waals surface area contributed by atoms with E-state index in [1.807, 2.05) is 0 Å². The lowest BCUT2D eigenvalue weighted by Crippen LogP contribution is -2.04. The Balaban J connectivity index is 2.29. The number of benzene rings is 2. The predicted octanol–water partition coefficient (Wildman–Crippen LogP) is 5.21. The Morgan fingerprint density at radius 2 is 1.68 bits per heavy atom. The molecule has 0 saturated carbocycles. The Morgan fingerprint density at radius 1 is 1.00 bits per heavy atom. The molecule has 0 aliphatic carbocycles. The summed E-state index contributed by atoms with van der Waals surface area (Å²) in [6.07, 6.45) is 1.52. The van der Waals surface area contributed by atoms with Gasteiger partial charge in [0.1, 0.15) is 17.8 Å². The number of hydrogen-bond acceptors (Lipinski definition) is 3. The van der Waals surface area contributed by atoms with Crippen molar-refractivity contribution in [3.63, 3.8) is 0 Å². The first kappa shape index (κ1) is 19.8. The topological polar surface area (TPSA) is 27.7 Å². The van der Waals surface area contributed by atoms with Crippen molar-refractivity contribution in [3.05, 3.63) is 58.1 Å². The van der Waals surface area contributed by atoms with E-state index >= 15 is 0 Å². The zero-order valence-corrected chi connectivity index (χ0v) is 17.0. The third kappa shape index (κ3) is 5.20. The summed E-state index contributed by atoms with van der Waals surface area (Å²) in [4.78, 5) is 0. The molecule has 0 saturated heterocycles. The molecule has 1 unspecified atom stereocenters. The highest BCUT2D eigenvalue weighted by molar-refractivity contribution is 7.16. The number of hydrogen-bond donors (Lipinski definition) is 0. The monoisotopic (exact) mass is 360 g/mol. The minimum absolute atomic E-state index is 0.272. The van der Waals surface area contributed by atoms with Crippen LogP contribution in [0.15, 0.2) is 30.3 Å². The van der Waals surface area contributed by atoms with E-state index in [0.717, 1.165) is 17.9 Å². The van der Waals surface area contributed by atoms with E-state index in [0.29, 0.717) is 12.3 Å². The van der Waals surface area contributed by atoms with E-state index in [1.54, 1.807) is 7.11 Å². The maximum Gasteiger partial charge on any atom is 0.188 e. The van der Waals surface area contributed by atoms with Crippen molar-refractivity contribution in [3.8, 4) is 11.5 Å². The van der Waals surface area contributed by atoms with Crippen LogP contribution in [0.25, 0.3) is 0 Å². The van der Waals surface area contributed by atoms with Crippen molar-refractivity contribution in [1.82, 2.24) is 0 Å². The van der Waals surface area contributed by atoms with Gasteiger partial charge in [-0.3, -0.25) is 0 Å². The van der Waals surface area contributed by atoms with Crippen molar-refractivity contribution in [2.24, 2.45) is 0 Å². The van der Waals surface area contributed by atoms with Gasteiger partial charge in [0.15, 0.2) is 6.79 Å². The van der Waals surface area contributed by atoms with Crippen LogP contribution >= 0.6 is 9.24 Å². The molecule has 0 fully saturated rings. The summed E-state index contributed by atoms with van der Waals surface area (Å²) in [5.74, 6) is 2.23. The first-order chi connectivity index (χ1) is 12.0. The molecule has 0 aliphatic heterocycles. The number of rotatable bonds is 8. The molecule has 4 heteroatoms. The van der Waals surface area contributed by atoms with Crippen LogP contribution in [-0.4, -0.2) is 20.3 Å². The Morgan fingerprint density at radius 3 is 2.24 bits per heavy atom. The maximum absolute atomic E-state index is 5.70. The van der Waals surface area contributed by atoms with Crippen molar-refractivity contribution in [2.75, 3.05) is 20.3 Å². The zero-order chi connectivity index (χ0) is 18.4. The van der Waals surface area contributed by atoms with Gasteiger partial charge in [-0.15, -0.1) is 0 Å². The van der Waals surface area contributed by atoms with Crippen LogP contribution in [0.5, 0.6) is 11.5 Å². The van der Waals surface area contributed by atoms with Crippen LogP contribution < -0.4 is 9.47 Å². The minimum atomic E-state index is 0.272. The fourth-order valence-electron chi connectivity index (χ4n) is 3.03. The highest BCUT2D eigenvalue weighted by atomic mass is 31.0. The van der Waals surface area contributed by atoms with E-state index in [-0.39, 0.29) is 6.79 Å². The highest BCUT2D eigenvalue weighted by Crippen LogP contribution is 2.30. The molecule has 0 radical (unpaired) electrons. The van der Waals surface area contributed by atoms with Crippen molar-refractivity contribution in [1.29, 1.82) is 0 Å². The maximum atomic E-state index is 5.70. The van der Waals surface area contributed by atoms with Gasteiger partial charge in [0, 0.05) is 7.11 Å². The predicted molar refractivity (Wildman–Crippen MR) is 107 cm³/mol. The smallest absolute Gasteiger partial charge is 0.188 e. The summed E-state index contributed by atoms with van der Waals surface area (Å²) in [6, 6.07) is 10.7. The molecule has 3 nitrogen and oxygen atoms in total. The van der Waals surface area contributed by atoms with Gasteiger partial charge in [0.2, 0.25) is 0 Å². The summed E-state index contributed by atoms with van der Waals surface area (Å²) >= 11 is 0. The minimum Gasteiger partial charge on any atom is -0.490 e. The molecule has 136 valence electrons. The fourth-order valence-corrected chi connectivity index (χ4v) is 3.22. The van der Waals surface area contributed by atoms with Gasteiger partial charge in [-0.1, -0.05) is 35.2 Å². The largest absolute Gasteiger partial charge is 0.490 e. The summed E-state index contributed by atoms with van der Waals surface area (Å²) in [6.45, 7) is 8.94. The molecule has 2 aromatic carbocycles. The van der Waals surface area contributed by atoms with E-state index in [2.05, 4.69) is 67.3 Å². The van der Waals surface area contributed by atoms with Gasteiger partial charge in [-0.2, -0.15) is 0 Å². The molecular formula is C21H29O3P. The molecule has 0 amide bonds. The summed E-state index contributed by atoms with van der Waals surface area (Å²) in [5, 5.41) is 0. The molecule has 0 bridgehead atoms. The van der Waals surface area contributed by atoms with Gasteiger partial charge in [0.05, 0.1) is 0 Å². The zero-order valence-electron chi connectivity index (χ0n) is 15.9. The first-order valence-corrected chi connectivity index (χ1v) is 9.45. The summed E-state index contributed by atoms with van der Waals surface area (Å²) < 4.78 is 16.3. The van der Waals surface area contributed by atoms with Gasteiger partial charge in [0.25, 0.3) is 0 Å². The summed E-state index contributed by atoms with van der Waals surface area (Å²) in [5.41, 5.74) is 6.39. The van der Waals surface area contributed by atoms with Crippen molar-refractivity contribution < 1.29 is 14.2 Å². The number of ether oxygens (including phenoxy) is 3. The van der Waals surface area contributed by atoms with Gasteiger partial charge < -0.3 is 14.2 Å². The molecule has 25 heavy (non-hydrogen) atoms. The number of aryl methyl sites for hydroxylation is 2. The van der Waals surface area contributed by atoms with Crippen LogP contribution in [0.1, 0.15) is 47.6 Å². The summed E-state index contributed by atoms with van der Waals surface area (Å²) in [7, 11) is 4.23. The van der Waals surface area contributed by atoms with E-state index in [9.17, 15) is 0 Å². The molecule has 0 N–H and O–H groups in total. The van der Waals surface area contributed by atoms with Crippen LogP contribution in [0.4, 0.5) is 0 Å². The Hall–Kier alpha value is -1.57. The molecule has 0 aromatic heterocycles. The quantitative estimate of drug-likeness (QED) is 0.478. The third-order valence-corrected chi connectivity index (χ3v) is 4.50. The van der Waals surface area contributed by atoms with Crippen molar-refractivity contribution >= 4 is 9.24 Å². The third-order valence-electron chi connectivity index (χ3n) is 4.33. The van der Waals surface area contributed by atoms with Gasteiger partial charge in [-0.25, -0.2) is 0 Å². The van der Waals surface area contributed by atoms with Gasteiger partial charge in [-0.05, 0) is 72.2 Å². The number of methoxy groups -OCH3 is 1. The van der Waals surface area contributed by atoms with E-state index < -0.39 is 0 Å². The molecule has 0 aliphatic rings. The van der Waals surface area contributed by atoms with Crippen LogP contribution in [0.2, 0.25) is 0 Å². The molecule has 0 spiro atoms. The lowest BCUT2D eigenvalue weighted by atomic mass is 9.93. The lowest BCUT2D eigenvalue weighted by molar-refractivity contribution is 0.0502. The second kappa shape index (κ2) is 9.22. The average molecular weight is 360 g/mol. The Labute approximate surface area is 153 Å². The standard InChI is InChI=1S/C21H29O3P/c1-14(2)19-10-17(6-7-21(19)23-12-22-5)11-20-15(3)8-18(24-13-25)9-16(20)4/h6-10,14H,11-13,25H2,1-5H3. The Kier molecular flexibility index (Phi) is 7.28. The fraction of sp³-hybridized carbons (Fsp3) is 0.429. The lowest BCUT2D eigenvalue weighted by Gasteiger charge is -2.17. The van der Waals surface area contributed by atoms with Crippen molar-refractivity contribution in [2.45, 2.75) is 40.0 Å². The normalized spacial score (nSPS) is 11.0. The van der Waals surface area contributed by atoms with Crippen LogP contribution in [0.3, 0.4) is 0 Å². The molecule has 2 rings (SSSR count).